The lowest BCUT2D eigenvalue weighted by molar-refractivity contribution is 0.102. The van der Waals surface area contributed by atoms with Crippen LogP contribution in [0.3, 0.4) is 0 Å². The number of ether oxygens (including phenoxy) is 1. The van der Waals surface area contributed by atoms with Crippen molar-refractivity contribution in [2.45, 2.75) is 19.0 Å². The van der Waals surface area contributed by atoms with Crippen molar-refractivity contribution in [3.05, 3.63) is 83.7 Å². The molecule has 31 heavy (non-hydrogen) atoms. The van der Waals surface area contributed by atoms with Gasteiger partial charge in [-0.15, -0.1) is 10.2 Å². The molecule has 6 nitrogen and oxygen atoms in total. The van der Waals surface area contributed by atoms with Crippen LogP contribution < -0.4 is 4.74 Å². The third-order valence-electron chi connectivity index (χ3n) is 5.06. The molecule has 4 rings (SSSR count). The first-order valence-electron chi connectivity index (χ1n) is 9.80. The van der Waals surface area contributed by atoms with Gasteiger partial charge in [-0.05, 0) is 73.5 Å². The van der Waals surface area contributed by atoms with Crippen molar-refractivity contribution in [1.29, 1.82) is 0 Å². The zero-order chi connectivity index (χ0) is 21.8. The number of carbonyl (C=O) groups is 1. The summed E-state index contributed by atoms with van der Waals surface area (Å²) in [5, 5.41) is 9.49. The van der Waals surface area contributed by atoms with Gasteiger partial charge in [0.15, 0.2) is 16.8 Å². The topological polar surface area (TPSA) is 69.9 Å². The first-order valence-corrected chi connectivity index (χ1v) is 10.8. The summed E-state index contributed by atoms with van der Waals surface area (Å²) >= 11 is 1.37. The van der Waals surface area contributed by atoms with Crippen LogP contribution in [0.5, 0.6) is 5.75 Å². The van der Waals surface area contributed by atoms with Gasteiger partial charge >= 0.3 is 0 Å². The van der Waals surface area contributed by atoms with Crippen LogP contribution in [-0.4, -0.2) is 38.4 Å². The number of aryl methyl sites for hydroxylation is 2. The highest BCUT2D eigenvalue weighted by atomic mass is 32.2. The Morgan fingerprint density at radius 2 is 1.71 bits per heavy atom. The fourth-order valence-electron chi connectivity index (χ4n) is 3.14. The van der Waals surface area contributed by atoms with Crippen molar-refractivity contribution >= 4 is 17.5 Å². The second kappa shape index (κ2) is 9.14. The molecule has 0 aliphatic rings. The number of ketones is 1. The molecule has 0 unspecified atom stereocenters. The molecule has 0 N–H and O–H groups in total. The van der Waals surface area contributed by atoms with Crippen LogP contribution in [0.4, 0.5) is 0 Å². The molecule has 7 heteroatoms. The summed E-state index contributed by atoms with van der Waals surface area (Å²) in [6.07, 6.45) is 3.46. The number of rotatable bonds is 7. The van der Waals surface area contributed by atoms with Gasteiger partial charge in [0.2, 0.25) is 0 Å². The van der Waals surface area contributed by atoms with Crippen molar-refractivity contribution in [3.8, 4) is 22.8 Å². The van der Waals surface area contributed by atoms with Crippen LogP contribution in [0.2, 0.25) is 0 Å². The third-order valence-corrected chi connectivity index (χ3v) is 5.99. The van der Waals surface area contributed by atoms with Gasteiger partial charge in [0.25, 0.3) is 0 Å². The molecule has 0 bridgehead atoms. The molecular weight excluding hydrogens is 408 g/mol. The monoisotopic (exact) mass is 430 g/mol. The van der Waals surface area contributed by atoms with Crippen LogP contribution >= 0.6 is 11.8 Å². The zero-order valence-electron chi connectivity index (χ0n) is 17.6. The Hall–Kier alpha value is -3.45. The minimum atomic E-state index is 0.0211. The molecule has 0 saturated carbocycles. The van der Waals surface area contributed by atoms with Crippen molar-refractivity contribution in [1.82, 2.24) is 19.7 Å². The van der Waals surface area contributed by atoms with Crippen molar-refractivity contribution in [3.63, 3.8) is 0 Å². The number of thioether (sulfide) groups is 1. The second-order valence-corrected chi connectivity index (χ2v) is 8.03. The molecule has 0 fully saturated rings. The van der Waals surface area contributed by atoms with Crippen LogP contribution in [0.25, 0.3) is 17.1 Å². The predicted molar refractivity (Wildman–Crippen MR) is 122 cm³/mol. The van der Waals surface area contributed by atoms with Crippen LogP contribution in [0, 0.1) is 13.8 Å². The average Bonchev–Trinajstić information content (AvgIpc) is 3.24. The molecule has 156 valence electrons. The lowest BCUT2D eigenvalue weighted by atomic mass is 10.1. The lowest BCUT2D eigenvalue weighted by Gasteiger charge is -2.12. The van der Waals surface area contributed by atoms with Crippen molar-refractivity contribution < 1.29 is 9.53 Å². The lowest BCUT2D eigenvalue weighted by Crippen LogP contribution is -2.05. The number of hydrogen-bond donors (Lipinski definition) is 0. The standard InChI is InChI=1S/C24H22N4O2S/c1-16-4-7-20(14-17(16)2)28-23(19-10-12-25-13-11-19)26-27-24(28)31-15-22(29)18-5-8-21(30-3)9-6-18/h4-14H,15H2,1-3H3. The molecule has 0 spiro atoms. The molecule has 2 aromatic carbocycles. The van der Waals surface area contributed by atoms with E-state index in [0.717, 1.165) is 17.0 Å². The Bertz CT molecular complexity index is 1200. The number of carbonyl (C=O) groups excluding carboxylic acids is 1. The molecule has 0 atom stereocenters. The zero-order valence-corrected chi connectivity index (χ0v) is 18.4. The number of nitrogens with zero attached hydrogens (tertiary/aromatic N) is 4. The Balaban J connectivity index is 1.66. The summed E-state index contributed by atoms with van der Waals surface area (Å²) in [7, 11) is 1.60. The van der Waals surface area contributed by atoms with Gasteiger partial charge in [0.1, 0.15) is 5.75 Å². The largest absolute Gasteiger partial charge is 0.497 e. The number of methoxy groups -OCH3 is 1. The molecule has 2 aromatic heterocycles. The molecule has 4 aromatic rings. The summed E-state index contributed by atoms with van der Waals surface area (Å²) < 4.78 is 7.16. The molecule has 0 aliphatic carbocycles. The van der Waals surface area contributed by atoms with Gasteiger partial charge in [-0.2, -0.15) is 0 Å². The Morgan fingerprint density at radius 3 is 2.39 bits per heavy atom. The van der Waals surface area contributed by atoms with Gasteiger partial charge in [-0.25, -0.2) is 0 Å². The highest BCUT2D eigenvalue weighted by molar-refractivity contribution is 7.99. The molecular formula is C24H22N4O2S. The normalized spacial score (nSPS) is 10.8. The van der Waals surface area contributed by atoms with Gasteiger partial charge < -0.3 is 4.74 Å². The quantitative estimate of drug-likeness (QED) is 0.306. The number of benzene rings is 2. The molecule has 0 saturated heterocycles. The van der Waals surface area contributed by atoms with E-state index in [2.05, 4.69) is 41.2 Å². The maximum absolute atomic E-state index is 12.7. The Kier molecular flexibility index (Phi) is 6.13. The fourth-order valence-corrected chi connectivity index (χ4v) is 3.99. The summed E-state index contributed by atoms with van der Waals surface area (Å²) in [5.41, 5.74) is 4.90. The van der Waals surface area contributed by atoms with E-state index in [9.17, 15) is 4.79 Å². The van der Waals surface area contributed by atoms with Gasteiger partial charge in [0.05, 0.1) is 18.6 Å². The summed E-state index contributed by atoms with van der Waals surface area (Å²) in [6.45, 7) is 4.16. The van der Waals surface area contributed by atoms with Crippen LogP contribution in [0.15, 0.2) is 72.1 Å². The van der Waals surface area contributed by atoms with E-state index in [4.69, 9.17) is 4.74 Å². The first-order chi connectivity index (χ1) is 15.1. The van der Waals surface area contributed by atoms with E-state index < -0.39 is 0 Å². The predicted octanol–water partition coefficient (Wildman–Crippen LogP) is 4.93. The second-order valence-electron chi connectivity index (χ2n) is 7.09. The maximum Gasteiger partial charge on any atom is 0.196 e. The van der Waals surface area contributed by atoms with E-state index in [-0.39, 0.29) is 11.5 Å². The van der Waals surface area contributed by atoms with E-state index >= 15 is 0 Å². The summed E-state index contributed by atoms with van der Waals surface area (Å²) in [5.74, 6) is 1.71. The summed E-state index contributed by atoms with van der Waals surface area (Å²) in [4.78, 5) is 16.8. The number of hydrogen-bond acceptors (Lipinski definition) is 6. The number of pyridine rings is 1. The Morgan fingerprint density at radius 1 is 0.968 bits per heavy atom. The SMILES string of the molecule is COc1ccc(C(=O)CSc2nnc(-c3ccncc3)n2-c2ccc(C)c(C)c2)cc1. The summed E-state index contributed by atoms with van der Waals surface area (Å²) in [6, 6.07) is 17.2. The van der Waals surface area contributed by atoms with E-state index in [1.165, 1.54) is 22.9 Å². The van der Waals surface area contributed by atoms with Crippen LogP contribution in [-0.2, 0) is 0 Å². The Labute approximate surface area is 185 Å². The van der Waals surface area contributed by atoms with Gasteiger partial charge in [0, 0.05) is 23.5 Å². The maximum atomic E-state index is 12.7. The molecule has 0 amide bonds. The highest BCUT2D eigenvalue weighted by Crippen LogP contribution is 2.29. The van der Waals surface area contributed by atoms with Gasteiger partial charge in [-0.1, -0.05) is 17.8 Å². The van der Waals surface area contributed by atoms with E-state index in [1.807, 2.05) is 22.8 Å². The molecule has 0 radical (unpaired) electrons. The van der Waals surface area contributed by atoms with Crippen molar-refractivity contribution in [2.24, 2.45) is 0 Å². The minimum absolute atomic E-state index is 0.0211. The highest BCUT2D eigenvalue weighted by Gasteiger charge is 2.18. The average molecular weight is 431 g/mol. The van der Waals surface area contributed by atoms with Crippen molar-refractivity contribution in [2.75, 3.05) is 12.9 Å². The number of aromatic nitrogens is 4. The number of Topliss-reactive ketones (excluding diaryl/α,β-unsaturated/α-hetero) is 1. The third kappa shape index (κ3) is 4.51. The molecule has 0 aliphatic heterocycles. The first kappa shape index (κ1) is 20.8. The van der Waals surface area contributed by atoms with Crippen LogP contribution in [0.1, 0.15) is 21.5 Å². The van der Waals surface area contributed by atoms with E-state index in [0.29, 0.717) is 16.5 Å². The minimum Gasteiger partial charge on any atom is -0.497 e. The van der Waals surface area contributed by atoms with Gasteiger partial charge in [-0.3, -0.25) is 14.3 Å². The molecule has 2 heterocycles. The fraction of sp³-hybridized carbons (Fsp3) is 0.167. The van der Waals surface area contributed by atoms with E-state index in [1.54, 1.807) is 43.8 Å². The smallest absolute Gasteiger partial charge is 0.196 e.